The highest BCUT2D eigenvalue weighted by Crippen LogP contribution is 2.11. The number of rotatable bonds is 3. The first kappa shape index (κ1) is 10.9. The van der Waals surface area contributed by atoms with Crippen LogP contribution in [0.4, 0.5) is 0 Å². The van der Waals surface area contributed by atoms with E-state index in [0.29, 0.717) is 17.9 Å². The molecular formula is C11H12N2O2. The summed E-state index contributed by atoms with van der Waals surface area (Å²) in [5.74, 6) is 6.29. The summed E-state index contributed by atoms with van der Waals surface area (Å²) < 4.78 is 5.30. The molecule has 0 saturated carbocycles. The molecule has 0 atom stereocenters. The Kier molecular flexibility index (Phi) is 4.05. The fraction of sp³-hybridized carbons (Fsp3) is 0.182. The zero-order valence-electron chi connectivity index (χ0n) is 8.40. The molecule has 78 valence electrons. The number of hydrogen-bond donors (Lipinski definition) is 2. The molecule has 15 heavy (non-hydrogen) atoms. The van der Waals surface area contributed by atoms with Crippen LogP contribution in [0.1, 0.15) is 12.5 Å². The van der Waals surface area contributed by atoms with E-state index in [1.54, 1.807) is 31.2 Å². The molecule has 4 heteroatoms. The molecule has 0 aliphatic heterocycles. The Morgan fingerprint density at radius 1 is 1.47 bits per heavy atom. The van der Waals surface area contributed by atoms with Crippen LogP contribution in [0.15, 0.2) is 29.4 Å². The second-order valence-corrected chi connectivity index (χ2v) is 2.73. The summed E-state index contributed by atoms with van der Waals surface area (Å²) in [5, 5.41) is 11.3. The van der Waals surface area contributed by atoms with Crippen molar-refractivity contribution < 1.29 is 9.94 Å². The quantitative estimate of drug-likeness (QED) is 0.255. The average molecular weight is 204 g/mol. The second kappa shape index (κ2) is 5.55. The largest absolute Gasteiger partial charge is 0.481 e. The number of nitrogens with zero attached hydrogens (tertiary/aromatic N) is 1. The molecule has 0 amide bonds. The maximum Gasteiger partial charge on any atom is 0.170 e. The highest BCUT2D eigenvalue weighted by atomic mass is 16.5. The van der Waals surface area contributed by atoms with E-state index in [1.165, 1.54) is 0 Å². The number of oxime groups is 1. The van der Waals surface area contributed by atoms with Crippen molar-refractivity contribution in [3.8, 4) is 17.6 Å². The normalized spacial score (nSPS) is 10.3. The topological polar surface area (TPSA) is 67.8 Å². The summed E-state index contributed by atoms with van der Waals surface area (Å²) in [5.41, 5.74) is 6.05. The monoisotopic (exact) mass is 204 g/mol. The van der Waals surface area contributed by atoms with Gasteiger partial charge in [0.2, 0.25) is 0 Å². The molecule has 3 N–H and O–H groups in total. The second-order valence-electron chi connectivity index (χ2n) is 2.73. The molecule has 0 bridgehead atoms. The maximum absolute atomic E-state index is 8.44. The molecule has 0 fully saturated rings. The summed E-state index contributed by atoms with van der Waals surface area (Å²) in [6, 6.07) is 6.91. The van der Waals surface area contributed by atoms with Crippen LogP contribution in [0.2, 0.25) is 0 Å². The molecule has 0 aromatic heterocycles. The van der Waals surface area contributed by atoms with Gasteiger partial charge in [0.05, 0.1) is 0 Å². The summed E-state index contributed by atoms with van der Waals surface area (Å²) >= 11 is 0. The zero-order valence-corrected chi connectivity index (χ0v) is 8.40. The standard InChI is InChI=1S/C11H12N2O2/c1-2-3-8-15-10-6-4-9(5-7-10)11(12)13-14/h4-7,14H,8H2,1H3,(H2,12,13). The van der Waals surface area contributed by atoms with Crippen molar-refractivity contribution in [2.24, 2.45) is 10.9 Å². The molecule has 0 aliphatic rings. The highest BCUT2D eigenvalue weighted by Gasteiger charge is 1.98. The summed E-state index contributed by atoms with van der Waals surface area (Å²) in [6.45, 7) is 2.12. The molecule has 0 aliphatic carbocycles. The Bertz CT molecular complexity index is 399. The van der Waals surface area contributed by atoms with Gasteiger partial charge in [0.1, 0.15) is 12.4 Å². The molecule has 1 aromatic carbocycles. The maximum atomic E-state index is 8.44. The smallest absolute Gasteiger partial charge is 0.170 e. The number of benzene rings is 1. The fourth-order valence-corrected chi connectivity index (χ4v) is 0.971. The van der Waals surface area contributed by atoms with Gasteiger partial charge in [-0.15, -0.1) is 5.92 Å². The number of nitrogens with two attached hydrogens (primary N) is 1. The first-order chi connectivity index (χ1) is 7.27. The minimum atomic E-state index is 0.0786. The first-order valence-corrected chi connectivity index (χ1v) is 4.38. The minimum absolute atomic E-state index is 0.0786. The van der Waals surface area contributed by atoms with E-state index in [2.05, 4.69) is 17.0 Å². The van der Waals surface area contributed by atoms with Gasteiger partial charge in [-0.05, 0) is 31.2 Å². The van der Waals surface area contributed by atoms with Gasteiger partial charge in [0.15, 0.2) is 5.84 Å². The van der Waals surface area contributed by atoms with E-state index in [0.717, 1.165) is 0 Å². The van der Waals surface area contributed by atoms with Crippen molar-refractivity contribution in [1.82, 2.24) is 0 Å². The lowest BCUT2D eigenvalue weighted by molar-refractivity contribution is 0.318. The lowest BCUT2D eigenvalue weighted by Crippen LogP contribution is -2.12. The van der Waals surface area contributed by atoms with Crippen molar-refractivity contribution in [1.29, 1.82) is 0 Å². The molecule has 0 spiro atoms. The van der Waals surface area contributed by atoms with Crippen LogP contribution in [-0.4, -0.2) is 17.6 Å². The van der Waals surface area contributed by atoms with E-state index in [-0.39, 0.29) is 5.84 Å². The van der Waals surface area contributed by atoms with Crippen LogP contribution in [0.3, 0.4) is 0 Å². The van der Waals surface area contributed by atoms with Crippen molar-refractivity contribution in [3.63, 3.8) is 0 Å². The Morgan fingerprint density at radius 2 is 2.13 bits per heavy atom. The van der Waals surface area contributed by atoms with E-state index in [9.17, 15) is 0 Å². The van der Waals surface area contributed by atoms with Crippen molar-refractivity contribution in [3.05, 3.63) is 29.8 Å². The van der Waals surface area contributed by atoms with Gasteiger partial charge in [0.25, 0.3) is 0 Å². The lowest BCUT2D eigenvalue weighted by Gasteiger charge is -2.03. The first-order valence-electron chi connectivity index (χ1n) is 4.38. The SMILES string of the molecule is CC#CCOc1ccc(/C(N)=N/O)cc1. The number of ether oxygens (including phenoxy) is 1. The van der Waals surface area contributed by atoms with E-state index in [1.807, 2.05) is 0 Å². The zero-order chi connectivity index (χ0) is 11.1. The van der Waals surface area contributed by atoms with Crippen LogP contribution in [0.5, 0.6) is 5.75 Å². The van der Waals surface area contributed by atoms with Crippen LogP contribution in [-0.2, 0) is 0 Å². The number of amidine groups is 1. The van der Waals surface area contributed by atoms with Gasteiger partial charge in [0, 0.05) is 5.56 Å². The highest BCUT2D eigenvalue weighted by molar-refractivity contribution is 5.97. The van der Waals surface area contributed by atoms with Crippen molar-refractivity contribution >= 4 is 5.84 Å². The van der Waals surface area contributed by atoms with Gasteiger partial charge < -0.3 is 15.7 Å². The Balaban J connectivity index is 2.67. The van der Waals surface area contributed by atoms with Crippen LogP contribution >= 0.6 is 0 Å². The third-order valence-corrected chi connectivity index (χ3v) is 1.75. The van der Waals surface area contributed by atoms with Crippen molar-refractivity contribution in [2.45, 2.75) is 6.92 Å². The van der Waals surface area contributed by atoms with E-state index < -0.39 is 0 Å². The molecule has 0 heterocycles. The van der Waals surface area contributed by atoms with Gasteiger partial charge in [-0.2, -0.15) is 0 Å². The predicted octanol–water partition coefficient (Wildman–Crippen LogP) is 1.18. The minimum Gasteiger partial charge on any atom is -0.481 e. The lowest BCUT2D eigenvalue weighted by atomic mass is 10.2. The Morgan fingerprint density at radius 3 is 2.67 bits per heavy atom. The summed E-state index contributed by atoms with van der Waals surface area (Å²) in [7, 11) is 0. The molecule has 1 rings (SSSR count). The predicted molar refractivity (Wildman–Crippen MR) is 57.9 cm³/mol. The third kappa shape index (κ3) is 3.24. The summed E-state index contributed by atoms with van der Waals surface area (Å²) in [4.78, 5) is 0. The van der Waals surface area contributed by atoms with Crippen LogP contribution in [0, 0.1) is 11.8 Å². The average Bonchev–Trinajstić information content (AvgIpc) is 2.29. The number of hydrogen-bond acceptors (Lipinski definition) is 3. The fourth-order valence-electron chi connectivity index (χ4n) is 0.971. The van der Waals surface area contributed by atoms with Gasteiger partial charge >= 0.3 is 0 Å². The molecular weight excluding hydrogens is 192 g/mol. The molecule has 4 nitrogen and oxygen atoms in total. The summed E-state index contributed by atoms with van der Waals surface area (Å²) in [6.07, 6.45) is 0. The van der Waals surface area contributed by atoms with E-state index in [4.69, 9.17) is 15.7 Å². The van der Waals surface area contributed by atoms with Crippen molar-refractivity contribution in [2.75, 3.05) is 6.61 Å². The van der Waals surface area contributed by atoms with Gasteiger partial charge in [-0.1, -0.05) is 11.1 Å². The van der Waals surface area contributed by atoms with Gasteiger partial charge in [-0.3, -0.25) is 0 Å². The molecule has 1 aromatic rings. The Hall–Kier alpha value is -2.15. The van der Waals surface area contributed by atoms with Gasteiger partial charge in [-0.25, -0.2) is 0 Å². The van der Waals surface area contributed by atoms with Crippen LogP contribution < -0.4 is 10.5 Å². The van der Waals surface area contributed by atoms with E-state index >= 15 is 0 Å². The Labute approximate surface area is 88.4 Å². The molecule has 0 saturated heterocycles. The van der Waals surface area contributed by atoms with Crippen LogP contribution in [0.25, 0.3) is 0 Å². The molecule has 0 radical (unpaired) electrons. The molecule has 0 unspecified atom stereocenters. The third-order valence-electron chi connectivity index (χ3n) is 1.75.